The molecule has 32 nitrogen and oxygen atoms in total. The number of rotatable bonds is 14. The van der Waals surface area contributed by atoms with Gasteiger partial charge in [0.05, 0.1) is 113 Å². The minimum Gasteiger partial charge on any atom is -1.00 e. The van der Waals surface area contributed by atoms with Gasteiger partial charge in [-0.3, -0.25) is 18.8 Å². The summed E-state index contributed by atoms with van der Waals surface area (Å²) in [5, 5.41) is 23.9. The maximum atomic E-state index is 13.5. The molecule has 14 aromatic rings. The number of halogens is 1. The number of carbonyl (C=O) groups is 1. The van der Waals surface area contributed by atoms with Gasteiger partial charge < -0.3 is 54.8 Å². The molecule has 3 atom stereocenters. The average Bonchev–Trinajstić information content (AvgIpc) is 1.60. The minimum atomic E-state index is -3.84. The van der Waals surface area contributed by atoms with Gasteiger partial charge in [-0.25, -0.2) is 64.7 Å². The number of pyridine rings is 2. The van der Waals surface area contributed by atoms with E-state index in [1.54, 1.807) is 125 Å². The van der Waals surface area contributed by atoms with Crippen LogP contribution in [0.4, 0.5) is 17.5 Å². The number of fused-ring (bicyclic) bond motifs is 3. The van der Waals surface area contributed by atoms with Gasteiger partial charge in [0.2, 0.25) is 0 Å². The Labute approximate surface area is 827 Å². The van der Waals surface area contributed by atoms with Gasteiger partial charge >= 0.3 is 145 Å². The van der Waals surface area contributed by atoms with Gasteiger partial charge in [-0.05, 0) is 141 Å². The van der Waals surface area contributed by atoms with E-state index in [-0.39, 0.29) is 199 Å². The van der Waals surface area contributed by atoms with Crippen LogP contribution in [0.15, 0.2) is 193 Å². The van der Waals surface area contributed by atoms with Crippen LogP contribution in [0.2, 0.25) is 5.15 Å². The fourth-order valence-corrected chi connectivity index (χ4v) is 17.0. The third-order valence-corrected chi connectivity index (χ3v) is 24.8. The summed E-state index contributed by atoms with van der Waals surface area (Å²) in [5.74, 6) is 4.02. The Morgan fingerprint density at radius 1 is 0.537 bits per heavy atom. The Morgan fingerprint density at radius 3 is 1.45 bits per heavy atom. The average molecular weight is 1940 g/mol. The van der Waals surface area contributed by atoms with Crippen molar-refractivity contribution in [2.75, 3.05) is 74.0 Å². The molecule has 18 rings (SSSR count). The summed E-state index contributed by atoms with van der Waals surface area (Å²) in [5.41, 5.74) is 9.79. The van der Waals surface area contributed by atoms with Crippen LogP contribution >= 0.6 is 11.6 Å². The van der Waals surface area contributed by atoms with E-state index < -0.39 is 20.0 Å². The second-order valence-corrected chi connectivity index (χ2v) is 33.7. The van der Waals surface area contributed by atoms with E-state index in [1.165, 1.54) is 14.1 Å². The van der Waals surface area contributed by atoms with Crippen LogP contribution in [0.5, 0.6) is 0 Å². The van der Waals surface area contributed by atoms with Crippen LogP contribution in [0.25, 0.3) is 89.9 Å². The van der Waals surface area contributed by atoms with Gasteiger partial charge in [0.1, 0.15) is 28.3 Å². The number of ether oxygens (including phenoxy) is 3. The summed E-state index contributed by atoms with van der Waals surface area (Å²) >= 11 is 6.38. The summed E-state index contributed by atoms with van der Waals surface area (Å²) in [6, 6.07) is 40.5. The van der Waals surface area contributed by atoms with Gasteiger partial charge in [0, 0.05) is 141 Å². The number of benzene rings is 3. The van der Waals surface area contributed by atoms with Crippen LogP contribution in [-0.4, -0.2) is 201 Å². The quantitative estimate of drug-likeness (QED) is 0.0505. The van der Waals surface area contributed by atoms with Gasteiger partial charge in [-0.15, -0.1) is 0 Å². The van der Waals surface area contributed by atoms with E-state index in [0.29, 0.717) is 97.5 Å². The number of aromatic nitrogens is 17. The fraction of sp³-hybridized carbons (Fsp3) is 0.325. The first-order chi connectivity index (χ1) is 56.6. The van der Waals surface area contributed by atoms with Gasteiger partial charge in [-0.1, -0.05) is 66.6 Å². The molecule has 4 fully saturated rings. The summed E-state index contributed by atoms with van der Waals surface area (Å²) in [4.78, 5) is 59.2. The third kappa shape index (κ3) is 20.7. The third-order valence-electron chi connectivity index (χ3n) is 21.2. The SMILES string of the molecule is C.C[C@@H]1COCCN1c1cc(-c2ccnn2C)nc(-c2ccnc3[nH]ccc23)n1.Cc1ccc(S(=O)(=O)n2ccc3c(-c4nc(-c5ccnn5C)cc(N5CCOC[C@H]5C)n4)ccnc32)cc1.Cc1ccc(S(=O)(=O)n2ccc3c(-c4nc(Cl)cc(N5CCOC[C@H]5C)n4)cccc32)cc1.Cn1nccc1B1OC(C)(C)C(C)(C)O1.O=CO[O-].[Cs+].[Cs+].[H-]. The Kier molecular flexibility index (Phi) is 31.6. The molecule has 38 heteroatoms. The Bertz CT molecular complexity index is 6160. The van der Waals surface area contributed by atoms with Crippen molar-refractivity contribution in [2.45, 2.75) is 109 Å². The van der Waals surface area contributed by atoms with Gasteiger partial charge in [-0.2, -0.15) is 15.3 Å². The molecule has 0 unspecified atom stereocenters. The van der Waals surface area contributed by atoms with Crippen molar-refractivity contribution in [3.05, 3.63) is 199 Å². The van der Waals surface area contributed by atoms with Crippen LogP contribution < -0.4 is 163 Å². The van der Waals surface area contributed by atoms with Crippen molar-refractivity contribution in [3.8, 4) is 56.9 Å². The van der Waals surface area contributed by atoms with Crippen molar-refractivity contribution in [3.63, 3.8) is 0 Å². The number of hydrogen-bond donors (Lipinski definition) is 1. The molecule has 15 heterocycles. The normalized spacial score (nSPS) is 16.8. The Hall–Kier alpha value is -7.56. The number of carbonyl (C=O) groups excluding carboxylic acids is 1. The zero-order chi connectivity index (χ0) is 83.4. The van der Waals surface area contributed by atoms with Crippen molar-refractivity contribution >= 4 is 101 Å². The first-order valence-corrected chi connectivity index (χ1v) is 41.4. The number of hydrogen-bond acceptors (Lipinski definition) is 26. The van der Waals surface area contributed by atoms with E-state index in [4.69, 9.17) is 70.1 Å². The van der Waals surface area contributed by atoms with Crippen LogP contribution in [0.1, 0.15) is 68.4 Å². The standard InChI is InChI=1S/C27H27N7O3S.C24H23ClN4O3S.C20H21N7O.C10H17BN2O2.CH2O3.CH4.2Cs.H/c1-18-4-6-20(7-5-18)38(35,36)34-13-10-22-21(8-11-28-27(22)34)26-30-23(24-9-12-29-32(24)3)16-25(31-26)33-14-15-37-17-19(33)2;1-16-6-8-18(9-7-16)33(30,31)29-11-10-19-20(4-3-5-21(19)29)24-26-22(25)14-23(27-24)28-12-13-32-15-17(28)2;1-13-12-28-10-9-27(13)18-11-16(17-5-8-23-26(17)2)24-20(25-18)15-4-7-22-19-14(15)3-6-21-19;1-9(2)10(3,4)15-11(14-9)8-6-7-12-13(8)5;2-1-4-3;;;;/h4-13,16,19H,14-15,17H2,1-3H3;3-11,14,17H,12-13,15H2,1-2H3;3-8,11,13H,9-10,12H2,1-2H3,(H,21,22);6-7H,1-5H3;1,3H;1H4;;;/q;;;;;;2*+1;-1/p-1/t19-;17-;13-;;;;;;/m111....../s1. The van der Waals surface area contributed by atoms with Crippen molar-refractivity contribution in [2.24, 2.45) is 21.1 Å². The summed E-state index contributed by atoms with van der Waals surface area (Å²) in [7, 11) is -2.23. The molecule has 0 bridgehead atoms. The second kappa shape index (κ2) is 40.6. The maximum Gasteiger partial charge on any atom is 1.00 e. The smallest absolute Gasteiger partial charge is 1.00 e. The molecule has 0 radical (unpaired) electrons. The zero-order valence-electron chi connectivity index (χ0n) is 70.2. The van der Waals surface area contributed by atoms with E-state index in [1.807, 2.05) is 128 Å². The van der Waals surface area contributed by atoms with Crippen molar-refractivity contribution in [1.82, 2.24) is 82.1 Å². The number of aromatic amines is 1. The molecule has 3 aromatic carbocycles. The zero-order valence-corrected chi connectivity index (χ0v) is 84.1. The van der Waals surface area contributed by atoms with Crippen LogP contribution in [0, 0.1) is 13.8 Å². The summed E-state index contributed by atoms with van der Waals surface area (Å²) in [6.07, 6.45) is 13.6. The van der Waals surface area contributed by atoms with E-state index in [9.17, 15) is 16.8 Å². The van der Waals surface area contributed by atoms with E-state index in [0.717, 1.165) is 91.0 Å². The van der Waals surface area contributed by atoms with Crippen LogP contribution in [-0.2, 0) is 74.4 Å². The molecule has 1 N–H and O–H groups in total. The Balaban J connectivity index is 0.000000172. The van der Waals surface area contributed by atoms with Crippen molar-refractivity contribution in [1.29, 1.82) is 0 Å². The number of anilines is 3. The summed E-state index contributed by atoms with van der Waals surface area (Å²) in [6.45, 7) is 24.2. The molecular weight excluding hydrogens is 1850 g/mol. The molecule has 4 aliphatic heterocycles. The maximum absolute atomic E-state index is 13.5. The molecule has 0 spiro atoms. The second-order valence-electron chi connectivity index (χ2n) is 29.7. The number of nitrogens with zero attached hydrogens (tertiary/aromatic N) is 19. The fourth-order valence-electron chi connectivity index (χ4n) is 14.1. The predicted octanol–water partition coefficient (Wildman–Crippen LogP) is 4.74. The molecule has 0 aliphatic carbocycles. The number of nitrogens with one attached hydrogen (secondary N) is 1. The molecule has 0 amide bonds. The van der Waals surface area contributed by atoms with E-state index >= 15 is 0 Å². The number of morpholine rings is 3. The monoisotopic (exact) mass is 1940 g/mol. The minimum absolute atomic E-state index is 0. The van der Waals surface area contributed by atoms with Gasteiger partial charge in [0.15, 0.2) is 23.1 Å². The number of H-pyrrole nitrogens is 1. The predicted molar refractivity (Wildman–Crippen MR) is 455 cm³/mol. The number of aryl methyl sites for hydroxylation is 5. The molecule has 4 saturated heterocycles. The summed E-state index contributed by atoms with van der Waals surface area (Å²) < 4.78 is 90.1. The molecular formula is C83H94BClCs2N20O12S2. The van der Waals surface area contributed by atoms with Crippen molar-refractivity contribution < 1.29 is 195 Å². The molecule has 121 heavy (non-hydrogen) atoms. The largest absolute Gasteiger partial charge is 1.00 e. The molecule has 11 aromatic heterocycles. The first-order valence-electron chi connectivity index (χ1n) is 38.1. The topological polar surface area (TPSA) is 356 Å². The Morgan fingerprint density at radius 2 is 0.975 bits per heavy atom. The molecule has 622 valence electrons. The molecule has 4 aliphatic rings. The molecule has 0 saturated carbocycles. The van der Waals surface area contributed by atoms with E-state index in [2.05, 4.69) is 75.6 Å². The van der Waals surface area contributed by atoms with Gasteiger partial charge in [0.25, 0.3) is 26.5 Å². The first kappa shape index (κ1) is 94.1. The van der Waals surface area contributed by atoms with Crippen LogP contribution in [0.3, 0.4) is 0 Å².